The minimum atomic E-state index is -0.528. The third kappa shape index (κ3) is 4.08. The Bertz CT molecular complexity index is 869. The number of nitrogens with one attached hydrogen (secondary N) is 1. The number of hydrogen-bond donors (Lipinski definition) is 3. The van der Waals surface area contributed by atoms with E-state index in [0.717, 1.165) is 25.0 Å². The summed E-state index contributed by atoms with van der Waals surface area (Å²) in [4.78, 5) is 32.6. The van der Waals surface area contributed by atoms with Gasteiger partial charge in [0.2, 0.25) is 6.10 Å². The Morgan fingerprint density at radius 3 is 2.73 bits per heavy atom. The first kappa shape index (κ1) is 20.5. The van der Waals surface area contributed by atoms with Crippen LogP contribution in [0.3, 0.4) is 0 Å². The Balaban J connectivity index is 1.31. The molecule has 0 aromatic heterocycles. The average Bonchev–Trinajstić information content (AvgIpc) is 3.36. The van der Waals surface area contributed by atoms with Crippen LogP contribution in [0, 0.1) is 17.8 Å². The summed E-state index contributed by atoms with van der Waals surface area (Å²) in [6.07, 6.45) is 2.77. The zero-order valence-electron chi connectivity index (χ0n) is 17.5. The van der Waals surface area contributed by atoms with Crippen molar-refractivity contribution < 1.29 is 19.5 Å². The van der Waals surface area contributed by atoms with Crippen molar-refractivity contribution in [2.75, 3.05) is 18.8 Å². The summed E-state index contributed by atoms with van der Waals surface area (Å²) < 4.78 is 0. The largest absolute Gasteiger partial charge is 0.506 e. The minimum Gasteiger partial charge on any atom is -0.506 e. The summed E-state index contributed by atoms with van der Waals surface area (Å²) in [5.74, 6) is 0.840. The fraction of sp³-hybridized carbons (Fsp3) is 0.591. The molecule has 4 atom stereocenters. The predicted octanol–water partition coefficient (Wildman–Crippen LogP) is 2.13. The second-order valence-electron chi connectivity index (χ2n) is 9.06. The number of phenols is 1. The number of fused-ring (bicyclic) bond motifs is 1. The van der Waals surface area contributed by atoms with Crippen LogP contribution in [0.25, 0.3) is 0 Å². The van der Waals surface area contributed by atoms with Crippen LogP contribution in [0.15, 0.2) is 23.4 Å². The highest BCUT2D eigenvalue weighted by Crippen LogP contribution is 2.37. The Morgan fingerprint density at radius 2 is 2.03 bits per heavy atom. The first-order valence-corrected chi connectivity index (χ1v) is 10.7. The van der Waals surface area contributed by atoms with E-state index in [9.17, 15) is 14.7 Å². The maximum atomic E-state index is 12.8. The number of benzene rings is 1. The number of nitrogens with two attached hydrogens (primary N) is 1. The van der Waals surface area contributed by atoms with E-state index in [0.29, 0.717) is 36.9 Å². The molecule has 162 valence electrons. The van der Waals surface area contributed by atoms with E-state index in [4.69, 9.17) is 10.6 Å². The maximum Gasteiger partial charge on any atom is 0.264 e. The highest BCUT2D eigenvalue weighted by Gasteiger charge is 2.41. The predicted molar refractivity (Wildman–Crippen MR) is 113 cm³/mol. The van der Waals surface area contributed by atoms with Crippen molar-refractivity contribution >= 4 is 23.2 Å². The second-order valence-corrected chi connectivity index (χ2v) is 9.06. The highest BCUT2D eigenvalue weighted by molar-refractivity contribution is 5.95. The molecule has 8 heteroatoms. The lowest BCUT2D eigenvalue weighted by Crippen LogP contribution is -2.45. The van der Waals surface area contributed by atoms with Crippen LogP contribution >= 0.6 is 0 Å². The molecule has 4 N–H and O–H groups in total. The monoisotopic (exact) mass is 414 g/mol. The van der Waals surface area contributed by atoms with Gasteiger partial charge in [-0.05, 0) is 55.2 Å². The maximum absolute atomic E-state index is 12.8. The Labute approximate surface area is 176 Å². The number of phenolic OH excluding ortho intramolecular Hbond substituents is 1. The van der Waals surface area contributed by atoms with Crippen molar-refractivity contribution in [3.05, 3.63) is 23.8 Å². The van der Waals surface area contributed by atoms with Crippen LogP contribution < -0.4 is 11.1 Å². The number of aromatic hydroxyl groups is 1. The van der Waals surface area contributed by atoms with Gasteiger partial charge in [0.1, 0.15) is 5.75 Å². The number of rotatable bonds is 4. The topological polar surface area (TPSA) is 117 Å². The minimum absolute atomic E-state index is 0.0704. The van der Waals surface area contributed by atoms with Crippen LogP contribution in [-0.2, 0) is 9.63 Å². The molecule has 1 aliphatic carbocycles. The van der Waals surface area contributed by atoms with Crippen LogP contribution in [0.4, 0.5) is 5.69 Å². The highest BCUT2D eigenvalue weighted by atomic mass is 16.6. The normalized spacial score (nSPS) is 28.1. The van der Waals surface area contributed by atoms with Gasteiger partial charge in [-0.1, -0.05) is 19.0 Å². The zero-order chi connectivity index (χ0) is 21.4. The number of nitrogen functional groups attached to an aromatic ring is 1. The van der Waals surface area contributed by atoms with Crippen molar-refractivity contribution in [1.29, 1.82) is 0 Å². The smallest absolute Gasteiger partial charge is 0.264 e. The molecule has 0 radical (unpaired) electrons. The molecule has 2 fully saturated rings. The quantitative estimate of drug-likeness (QED) is 0.515. The molecule has 2 aliphatic heterocycles. The molecule has 30 heavy (non-hydrogen) atoms. The molecule has 4 rings (SSSR count). The van der Waals surface area contributed by atoms with Crippen molar-refractivity contribution in [2.45, 2.75) is 51.7 Å². The van der Waals surface area contributed by atoms with E-state index >= 15 is 0 Å². The number of anilines is 1. The molecule has 0 bridgehead atoms. The SMILES string of the molecule is CC(C)C1=NOC(C(=O)NC2CCC3CN(C(=O)c4ccc(N)c(O)c4)CC3C2)C1. The lowest BCUT2D eigenvalue weighted by Gasteiger charge is -2.31. The molecule has 1 aromatic rings. The van der Waals surface area contributed by atoms with Gasteiger partial charge in [-0.2, -0.15) is 0 Å². The molecular formula is C22H30N4O4. The third-order valence-corrected chi connectivity index (χ3v) is 6.61. The summed E-state index contributed by atoms with van der Waals surface area (Å²) >= 11 is 0. The van der Waals surface area contributed by atoms with E-state index in [2.05, 4.69) is 10.5 Å². The number of amides is 2. The molecular weight excluding hydrogens is 384 g/mol. The molecule has 1 aromatic carbocycles. The first-order chi connectivity index (χ1) is 14.3. The van der Waals surface area contributed by atoms with Crippen LogP contribution in [-0.4, -0.2) is 52.8 Å². The van der Waals surface area contributed by atoms with Crippen LogP contribution in [0.1, 0.15) is 49.9 Å². The Kier molecular flexibility index (Phi) is 5.58. The van der Waals surface area contributed by atoms with Crippen LogP contribution in [0.2, 0.25) is 0 Å². The van der Waals surface area contributed by atoms with Crippen molar-refractivity contribution in [1.82, 2.24) is 10.2 Å². The zero-order valence-corrected chi connectivity index (χ0v) is 17.5. The summed E-state index contributed by atoms with van der Waals surface area (Å²) in [7, 11) is 0. The van der Waals surface area contributed by atoms with Gasteiger partial charge in [-0.15, -0.1) is 0 Å². The second kappa shape index (κ2) is 8.16. The molecule has 8 nitrogen and oxygen atoms in total. The fourth-order valence-corrected chi connectivity index (χ4v) is 4.76. The van der Waals surface area contributed by atoms with Crippen molar-refractivity contribution in [2.24, 2.45) is 22.9 Å². The van der Waals surface area contributed by atoms with Gasteiger partial charge < -0.3 is 25.9 Å². The van der Waals surface area contributed by atoms with Crippen LogP contribution in [0.5, 0.6) is 5.75 Å². The van der Waals surface area contributed by atoms with Gasteiger partial charge in [0, 0.05) is 31.1 Å². The van der Waals surface area contributed by atoms with E-state index in [1.807, 2.05) is 18.7 Å². The lowest BCUT2D eigenvalue weighted by molar-refractivity contribution is -0.132. The van der Waals surface area contributed by atoms with E-state index in [1.54, 1.807) is 12.1 Å². The van der Waals surface area contributed by atoms with Gasteiger partial charge in [-0.3, -0.25) is 9.59 Å². The summed E-state index contributed by atoms with van der Waals surface area (Å²) in [6, 6.07) is 4.73. The summed E-state index contributed by atoms with van der Waals surface area (Å²) in [6.45, 7) is 5.47. The Morgan fingerprint density at radius 1 is 1.27 bits per heavy atom. The van der Waals surface area contributed by atoms with Gasteiger partial charge in [-0.25, -0.2) is 0 Å². The number of hydrogen-bond acceptors (Lipinski definition) is 6. The molecule has 1 saturated carbocycles. The number of likely N-dealkylation sites (tertiary alicyclic amines) is 1. The summed E-state index contributed by atoms with van der Waals surface area (Å²) in [5, 5.41) is 17.0. The number of carbonyl (C=O) groups is 2. The Hall–Kier alpha value is -2.77. The first-order valence-electron chi connectivity index (χ1n) is 10.7. The van der Waals surface area contributed by atoms with E-state index in [-0.39, 0.29) is 35.2 Å². The standard InChI is InChI=1S/C22H30N4O4/c1-12(2)18-9-20(30-25-18)21(28)24-16-5-3-14-10-26(11-15(14)7-16)22(29)13-4-6-17(23)19(27)8-13/h4,6,8,12,14-16,20,27H,3,5,7,9-11,23H2,1-2H3,(H,24,28). The van der Waals surface area contributed by atoms with Gasteiger partial charge >= 0.3 is 0 Å². The fourth-order valence-electron chi connectivity index (χ4n) is 4.76. The number of carbonyl (C=O) groups excluding carboxylic acids is 2. The number of nitrogens with zero attached hydrogens (tertiary/aromatic N) is 2. The molecule has 3 aliphatic rings. The van der Waals surface area contributed by atoms with Gasteiger partial charge in [0.15, 0.2) is 0 Å². The summed E-state index contributed by atoms with van der Waals surface area (Å²) in [5.41, 5.74) is 7.27. The van der Waals surface area contributed by atoms with Gasteiger partial charge in [0.05, 0.1) is 11.4 Å². The molecule has 0 spiro atoms. The third-order valence-electron chi connectivity index (χ3n) is 6.61. The molecule has 2 heterocycles. The van der Waals surface area contributed by atoms with E-state index in [1.165, 1.54) is 6.07 Å². The van der Waals surface area contributed by atoms with E-state index < -0.39 is 6.10 Å². The molecule has 4 unspecified atom stereocenters. The van der Waals surface area contributed by atoms with Crippen molar-refractivity contribution in [3.8, 4) is 5.75 Å². The van der Waals surface area contributed by atoms with Gasteiger partial charge in [0.25, 0.3) is 11.8 Å². The average molecular weight is 415 g/mol. The van der Waals surface area contributed by atoms with Crippen molar-refractivity contribution in [3.63, 3.8) is 0 Å². The molecule has 2 amide bonds. The number of oxime groups is 1. The molecule has 1 saturated heterocycles. The lowest BCUT2D eigenvalue weighted by atomic mass is 9.79.